The summed E-state index contributed by atoms with van der Waals surface area (Å²) >= 11 is 0. The SMILES string of the molecule is CCOC(=O)C1=C2C(=O)N(CC)C(=O)C2N(C(=O)c2ccccc2)N1. The molecule has 8 heteroatoms. The Bertz CT molecular complexity index is 787. The fourth-order valence-corrected chi connectivity index (χ4v) is 2.91. The first kappa shape index (κ1) is 16.7. The molecule has 2 heterocycles. The lowest BCUT2D eigenvalue weighted by atomic mass is 10.1. The van der Waals surface area contributed by atoms with E-state index in [1.165, 1.54) is 0 Å². The number of hydrogen-bond donors (Lipinski definition) is 1. The number of imide groups is 1. The van der Waals surface area contributed by atoms with Crippen molar-refractivity contribution < 1.29 is 23.9 Å². The highest BCUT2D eigenvalue weighted by Gasteiger charge is 2.54. The molecule has 8 nitrogen and oxygen atoms in total. The molecule has 1 fully saturated rings. The van der Waals surface area contributed by atoms with E-state index in [1.54, 1.807) is 44.2 Å². The summed E-state index contributed by atoms with van der Waals surface area (Å²) in [5.74, 6) is -2.42. The summed E-state index contributed by atoms with van der Waals surface area (Å²) < 4.78 is 4.94. The Kier molecular flexibility index (Phi) is 4.26. The van der Waals surface area contributed by atoms with Crippen LogP contribution < -0.4 is 5.43 Å². The molecule has 3 amide bonds. The van der Waals surface area contributed by atoms with Gasteiger partial charge in [-0.3, -0.25) is 24.7 Å². The summed E-state index contributed by atoms with van der Waals surface area (Å²) in [5.41, 5.74) is 2.72. The van der Waals surface area contributed by atoms with Crippen molar-refractivity contribution in [3.05, 3.63) is 47.2 Å². The number of nitrogens with zero attached hydrogens (tertiary/aromatic N) is 2. The smallest absolute Gasteiger partial charge is 0.356 e. The minimum absolute atomic E-state index is 0.0467. The summed E-state index contributed by atoms with van der Waals surface area (Å²) in [4.78, 5) is 51.1. The highest BCUT2D eigenvalue weighted by molar-refractivity contribution is 6.21. The lowest BCUT2D eigenvalue weighted by Crippen LogP contribution is -2.49. The summed E-state index contributed by atoms with van der Waals surface area (Å²) in [7, 11) is 0. The van der Waals surface area contributed by atoms with Crippen LogP contribution in [-0.4, -0.2) is 52.8 Å². The average Bonchev–Trinajstić information content (AvgIpc) is 3.13. The molecule has 2 aliphatic heterocycles. The molecule has 3 rings (SSSR count). The zero-order valence-corrected chi connectivity index (χ0v) is 13.8. The van der Waals surface area contributed by atoms with E-state index in [9.17, 15) is 19.2 Å². The van der Waals surface area contributed by atoms with Crippen LogP contribution >= 0.6 is 0 Å². The normalized spacial score (nSPS) is 19.2. The number of esters is 1. The van der Waals surface area contributed by atoms with Crippen LogP contribution in [0, 0.1) is 0 Å². The number of benzene rings is 1. The van der Waals surface area contributed by atoms with Crippen LogP contribution in [0.5, 0.6) is 0 Å². The van der Waals surface area contributed by atoms with Gasteiger partial charge in [-0.15, -0.1) is 0 Å². The van der Waals surface area contributed by atoms with E-state index in [-0.39, 0.29) is 24.4 Å². The molecule has 0 aliphatic carbocycles. The van der Waals surface area contributed by atoms with Crippen molar-refractivity contribution in [2.75, 3.05) is 13.2 Å². The van der Waals surface area contributed by atoms with Crippen LogP contribution in [-0.2, 0) is 19.1 Å². The van der Waals surface area contributed by atoms with E-state index < -0.39 is 29.7 Å². The Morgan fingerprint density at radius 1 is 1.16 bits per heavy atom. The summed E-state index contributed by atoms with van der Waals surface area (Å²) in [6.45, 7) is 3.54. The average molecular weight is 343 g/mol. The van der Waals surface area contributed by atoms with Crippen LogP contribution in [0.3, 0.4) is 0 Å². The Balaban J connectivity index is 2.02. The van der Waals surface area contributed by atoms with Crippen molar-refractivity contribution in [1.82, 2.24) is 15.3 Å². The Morgan fingerprint density at radius 2 is 1.84 bits per heavy atom. The first-order valence-corrected chi connectivity index (χ1v) is 7.93. The molecule has 1 saturated heterocycles. The molecule has 0 radical (unpaired) electrons. The highest BCUT2D eigenvalue weighted by atomic mass is 16.5. The lowest BCUT2D eigenvalue weighted by Gasteiger charge is -2.24. The van der Waals surface area contributed by atoms with Gasteiger partial charge in [-0.25, -0.2) is 9.80 Å². The predicted octanol–water partition coefficient (Wildman–Crippen LogP) is 0.221. The summed E-state index contributed by atoms with van der Waals surface area (Å²) in [6.07, 6.45) is 0. The molecule has 0 spiro atoms. The molecule has 2 aliphatic rings. The van der Waals surface area contributed by atoms with E-state index in [0.29, 0.717) is 5.56 Å². The number of carbonyl (C=O) groups excluding carboxylic acids is 4. The van der Waals surface area contributed by atoms with Gasteiger partial charge in [-0.1, -0.05) is 18.2 Å². The van der Waals surface area contributed by atoms with Crippen molar-refractivity contribution in [3.63, 3.8) is 0 Å². The quantitative estimate of drug-likeness (QED) is 0.621. The Labute approximate surface area is 144 Å². The van der Waals surface area contributed by atoms with Crippen LogP contribution in [0.4, 0.5) is 0 Å². The molecule has 0 aromatic heterocycles. The summed E-state index contributed by atoms with van der Waals surface area (Å²) in [6, 6.07) is 7.13. The fraction of sp³-hybridized carbons (Fsp3) is 0.294. The van der Waals surface area contributed by atoms with E-state index >= 15 is 0 Å². The van der Waals surface area contributed by atoms with E-state index in [4.69, 9.17) is 4.74 Å². The van der Waals surface area contributed by atoms with Gasteiger partial charge < -0.3 is 4.74 Å². The zero-order chi connectivity index (χ0) is 18.1. The molecule has 1 N–H and O–H groups in total. The van der Waals surface area contributed by atoms with Gasteiger partial charge in [0.05, 0.1) is 12.2 Å². The standard InChI is InChI=1S/C17H17N3O5/c1-3-19-15(22)11-12(17(24)25-4-2)18-20(13(11)16(19)23)14(21)10-8-6-5-7-9-10/h5-9,13,18H,3-4H2,1-2H3. The molecule has 1 unspecified atom stereocenters. The van der Waals surface area contributed by atoms with E-state index in [2.05, 4.69) is 5.43 Å². The monoisotopic (exact) mass is 343 g/mol. The molecular formula is C17H17N3O5. The maximum absolute atomic E-state index is 12.8. The molecule has 0 bridgehead atoms. The first-order chi connectivity index (χ1) is 12.0. The van der Waals surface area contributed by atoms with Crippen LogP contribution in [0.25, 0.3) is 0 Å². The third-order valence-corrected chi connectivity index (χ3v) is 4.04. The van der Waals surface area contributed by atoms with Gasteiger partial charge in [-0.05, 0) is 26.0 Å². The van der Waals surface area contributed by atoms with Crippen LogP contribution in [0.1, 0.15) is 24.2 Å². The predicted molar refractivity (Wildman–Crippen MR) is 85.6 cm³/mol. The second kappa shape index (κ2) is 6.39. The lowest BCUT2D eigenvalue weighted by molar-refractivity contribution is -0.142. The van der Waals surface area contributed by atoms with E-state index in [1.807, 2.05) is 0 Å². The number of rotatable bonds is 4. The number of nitrogens with one attached hydrogen (secondary N) is 1. The Morgan fingerprint density at radius 3 is 2.44 bits per heavy atom. The summed E-state index contributed by atoms with van der Waals surface area (Å²) in [5, 5.41) is 1.02. The molecule has 0 saturated carbocycles. The first-order valence-electron chi connectivity index (χ1n) is 7.93. The topological polar surface area (TPSA) is 96.0 Å². The van der Waals surface area contributed by atoms with Gasteiger partial charge >= 0.3 is 5.97 Å². The minimum atomic E-state index is -1.17. The number of carbonyl (C=O) groups is 4. The van der Waals surface area contributed by atoms with Crippen molar-refractivity contribution in [1.29, 1.82) is 0 Å². The molecule has 1 aromatic carbocycles. The van der Waals surface area contributed by atoms with Gasteiger partial charge in [0.25, 0.3) is 17.7 Å². The van der Waals surface area contributed by atoms with Crippen molar-refractivity contribution in [2.45, 2.75) is 19.9 Å². The fourth-order valence-electron chi connectivity index (χ4n) is 2.91. The second-order valence-corrected chi connectivity index (χ2v) is 5.45. The van der Waals surface area contributed by atoms with Crippen molar-refractivity contribution in [2.24, 2.45) is 0 Å². The largest absolute Gasteiger partial charge is 0.461 e. The number of ether oxygens (including phenoxy) is 1. The molecule has 130 valence electrons. The maximum atomic E-state index is 12.8. The maximum Gasteiger partial charge on any atom is 0.356 e. The highest BCUT2D eigenvalue weighted by Crippen LogP contribution is 2.32. The molecule has 1 atom stereocenters. The molecule has 25 heavy (non-hydrogen) atoms. The molecule has 1 aromatic rings. The third kappa shape index (κ3) is 2.55. The number of fused-ring (bicyclic) bond motifs is 1. The second-order valence-electron chi connectivity index (χ2n) is 5.45. The molecular weight excluding hydrogens is 326 g/mol. The van der Waals surface area contributed by atoms with Gasteiger partial charge in [0, 0.05) is 12.1 Å². The number of amides is 3. The van der Waals surface area contributed by atoms with Crippen LogP contribution in [0.2, 0.25) is 0 Å². The number of likely N-dealkylation sites (tertiary alicyclic amines) is 1. The van der Waals surface area contributed by atoms with E-state index in [0.717, 1.165) is 9.91 Å². The zero-order valence-electron chi connectivity index (χ0n) is 13.8. The third-order valence-electron chi connectivity index (χ3n) is 4.04. The van der Waals surface area contributed by atoms with Gasteiger partial charge in [-0.2, -0.15) is 0 Å². The van der Waals surface area contributed by atoms with Crippen molar-refractivity contribution in [3.8, 4) is 0 Å². The number of likely N-dealkylation sites (N-methyl/N-ethyl adjacent to an activating group) is 1. The minimum Gasteiger partial charge on any atom is -0.461 e. The van der Waals surface area contributed by atoms with Gasteiger partial charge in [0.15, 0.2) is 11.7 Å². The van der Waals surface area contributed by atoms with Gasteiger partial charge in [0.2, 0.25) is 0 Å². The Hall–Kier alpha value is -3.16. The number of hydrogen-bond acceptors (Lipinski definition) is 6. The number of hydrazine groups is 1. The van der Waals surface area contributed by atoms with Gasteiger partial charge in [0.1, 0.15) is 0 Å². The van der Waals surface area contributed by atoms with Crippen LogP contribution in [0.15, 0.2) is 41.6 Å². The van der Waals surface area contributed by atoms with Crippen molar-refractivity contribution >= 4 is 23.7 Å².